The molecule has 1 heteroatoms. The van der Waals surface area contributed by atoms with Gasteiger partial charge in [-0.25, -0.2) is 0 Å². The first-order chi connectivity index (χ1) is 4.36. The molecule has 1 nitrogen and oxygen atoms in total. The predicted molar refractivity (Wildman–Crippen MR) is 36.2 cm³/mol. The molecule has 0 aromatic rings. The lowest BCUT2D eigenvalue weighted by Crippen LogP contribution is -2.06. The van der Waals surface area contributed by atoms with Crippen LogP contribution in [0.4, 0.5) is 0 Å². The fourth-order valence-corrected chi connectivity index (χ4v) is 2.23. The van der Waals surface area contributed by atoms with Gasteiger partial charge in [0.2, 0.25) is 0 Å². The lowest BCUT2D eigenvalue weighted by molar-refractivity contribution is 0.0992. The van der Waals surface area contributed by atoms with Crippen molar-refractivity contribution in [2.45, 2.75) is 32.3 Å². The Bertz CT molecular complexity index is 99.1. The highest BCUT2D eigenvalue weighted by Crippen LogP contribution is 2.38. The van der Waals surface area contributed by atoms with Crippen LogP contribution >= 0.6 is 0 Å². The van der Waals surface area contributed by atoms with Gasteiger partial charge in [0.1, 0.15) is 0 Å². The fraction of sp³-hybridized carbons (Fsp3) is 1.00. The molecule has 0 radical (unpaired) electrons. The van der Waals surface area contributed by atoms with Gasteiger partial charge in [0.25, 0.3) is 0 Å². The molecule has 2 aliphatic rings. The summed E-state index contributed by atoms with van der Waals surface area (Å²) in [6.07, 6.45) is 4.73. The molecule has 0 spiro atoms. The van der Waals surface area contributed by atoms with Crippen LogP contribution in [-0.2, 0) is 4.74 Å². The summed E-state index contributed by atoms with van der Waals surface area (Å²) in [4.78, 5) is 0. The Morgan fingerprint density at radius 1 is 1.33 bits per heavy atom. The van der Waals surface area contributed by atoms with Crippen LogP contribution in [0.3, 0.4) is 0 Å². The van der Waals surface area contributed by atoms with Crippen molar-refractivity contribution in [2.75, 3.05) is 6.61 Å². The van der Waals surface area contributed by atoms with Crippen LogP contribution in [0.2, 0.25) is 0 Å². The summed E-state index contributed by atoms with van der Waals surface area (Å²) < 4.78 is 5.55. The number of fused-ring (bicyclic) bond motifs is 1. The van der Waals surface area contributed by atoms with Crippen LogP contribution in [0.15, 0.2) is 0 Å². The summed E-state index contributed by atoms with van der Waals surface area (Å²) in [5.41, 5.74) is 0. The Morgan fingerprint density at radius 2 is 2.22 bits per heavy atom. The molecule has 1 saturated heterocycles. The van der Waals surface area contributed by atoms with Crippen LogP contribution in [-0.4, -0.2) is 12.7 Å². The molecule has 0 bridgehead atoms. The van der Waals surface area contributed by atoms with E-state index in [1.807, 2.05) is 0 Å². The lowest BCUT2D eigenvalue weighted by Gasteiger charge is -2.04. The van der Waals surface area contributed by atoms with E-state index in [-0.39, 0.29) is 0 Å². The smallest absolute Gasteiger partial charge is 0.0606 e. The second kappa shape index (κ2) is 1.98. The van der Waals surface area contributed by atoms with E-state index in [1.54, 1.807) is 0 Å². The number of hydrogen-bond acceptors (Lipinski definition) is 1. The molecule has 0 N–H and O–H groups in total. The number of rotatable bonds is 0. The minimum atomic E-state index is 0.653. The highest BCUT2D eigenvalue weighted by atomic mass is 16.5. The average Bonchev–Trinajstić information content (AvgIpc) is 2.22. The van der Waals surface area contributed by atoms with Crippen LogP contribution < -0.4 is 0 Å². The molecule has 0 aromatic carbocycles. The molecular weight excluding hydrogens is 112 g/mol. The van der Waals surface area contributed by atoms with Gasteiger partial charge in [-0.1, -0.05) is 6.92 Å². The largest absolute Gasteiger partial charge is 0.378 e. The minimum Gasteiger partial charge on any atom is -0.378 e. The zero-order valence-electron chi connectivity index (χ0n) is 5.97. The molecule has 1 aliphatic heterocycles. The van der Waals surface area contributed by atoms with E-state index >= 15 is 0 Å². The molecule has 52 valence electrons. The molecule has 3 atom stereocenters. The van der Waals surface area contributed by atoms with E-state index in [1.165, 1.54) is 19.3 Å². The van der Waals surface area contributed by atoms with Gasteiger partial charge in [-0.3, -0.25) is 0 Å². The van der Waals surface area contributed by atoms with Crippen molar-refractivity contribution in [2.24, 2.45) is 11.8 Å². The van der Waals surface area contributed by atoms with Crippen molar-refractivity contribution in [3.8, 4) is 0 Å². The Balaban J connectivity index is 2.02. The third kappa shape index (κ3) is 0.877. The maximum absolute atomic E-state index is 5.55. The van der Waals surface area contributed by atoms with Gasteiger partial charge in [0.05, 0.1) is 6.10 Å². The molecule has 0 amide bonds. The molecule has 2 fully saturated rings. The Labute approximate surface area is 56.4 Å². The van der Waals surface area contributed by atoms with E-state index in [9.17, 15) is 0 Å². The van der Waals surface area contributed by atoms with Gasteiger partial charge in [-0.15, -0.1) is 0 Å². The summed E-state index contributed by atoms with van der Waals surface area (Å²) in [5, 5.41) is 0. The summed E-state index contributed by atoms with van der Waals surface area (Å²) >= 11 is 0. The Hall–Kier alpha value is -0.0400. The van der Waals surface area contributed by atoms with Gasteiger partial charge in [-0.2, -0.15) is 0 Å². The zero-order chi connectivity index (χ0) is 6.27. The topological polar surface area (TPSA) is 9.23 Å². The first kappa shape index (κ1) is 5.72. The summed E-state index contributed by atoms with van der Waals surface area (Å²) in [6, 6.07) is 0. The van der Waals surface area contributed by atoms with E-state index in [0.29, 0.717) is 6.10 Å². The van der Waals surface area contributed by atoms with Crippen molar-refractivity contribution in [1.29, 1.82) is 0 Å². The van der Waals surface area contributed by atoms with Crippen LogP contribution in [0.5, 0.6) is 0 Å². The fourth-order valence-electron chi connectivity index (χ4n) is 2.23. The second-order valence-electron chi connectivity index (χ2n) is 3.53. The van der Waals surface area contributed by atoms with Gasteiger partial charge in [-0.05, 0) is 31.1 Å². The van der Waals surface area contributed by atoms with Gasteiger partial charge < -0.3 is 4.74 Å². The van der Waals surface area contributed by atoms with Crippen molar-refractivity contribution >= 4 is 0 Å². The number of ether oxygens (including phenoxy) is 1. The predicted octanol–water partition coefficient (Wildman–Crippen LogP) is 1.82. The van der Waals surface area contributed by atoms with Crippen molar-refractivity contribution in [3.63, 3.8) is 0 Å². The van der Waals surface area contributed by atoms with Crippen LogP contribution in [0.1, 0.15) is 26.2 Å². The van der Waals surface area contributed by atoms with Gasteiger partial charge in [0.15, 0.2) is 0 Å². The molecule has 2 rings (SSSR count). The van der Waals surface area contributed by atoms with Gasteiger partial charge >= 0.3 is 0 Å². The average molecular weight is 126 g/mol. The van der Waals surface area contributed by atoms with Crippen LogP contribution in [0.25, 0.3) is 0 Å². The third-order valence-electron chi connectivity index (χ3n) is 2.69. The SMILES string of the molecule is C[C@H]1C[C@H]2CCO[C@H]2C1. The van der Waals surface area contributed by atoms with E-state index < -0.39 is 0 Å². The van der Waals surface area contributed by atoms with E-state index in [4.69, 9.17) is 4.74 Å². The first-order valence-corrected chi connectivity index (χ1v) is 3.98. The van der Waals surface area contributed by atoms with Crippen molar-refractivity contribution in [1.82, 2.24) is 0 Å². The Morgan fingerprint density at radius 3 is 3.00 bits per heavy atom. The highest BCUT2D eigenvalue weighted by molar-refractivity contribution is 4.85. The highest BCUT2D eigenvalue weighted by Gasteiger charge is 2.36. The molecule has 1 heterocycles. The summed E-state index contributed by atoms with van der Waals surface area (Å²) in [6.45, 7) is 3.36. The summed E-state index contributed by atoms with van der Waals surface area (Å²) in [7, 11) is 0. The Kier molecular flexibility index (Phi) is 1.26. The number of hydrogen-bond donors (Lipinski definition) is 0. The molecule has 1 saturated carbocycles. The maximum atomic E-state index is 5.55. The third-order valence-corrected chi connectivity index (χ3v) is 2.69. The quantitative estimate of drug-likeness (QED) is 0.481. The van der Waals surface area contributed by atoms with E-state index in [0.717, 1.165) is 18.4 Å². The maximum Gasteiger partial charge on any atom is 0.0606 e. The molecule has 0 aromatic heterocycles. The minimum absolute atomic E-state index is 0.653. The van der Waals surface area contributed by atoms with Crippen molar-refractivity contribution in [3.05, 3.63) is 0 Å². The first-order valence-electron chi connectivity index (χ1n) is 3.98. The lowest BCUT2D eigenvalue weighted by atomic mass is 10.0. The zero-order valence-corrected chi connectivity index (χ0v) is 5.97. The monoisotopic (exact) mass is 126 g/mol. The normalized spacial score (nSPS) is 49.7. The molecular formula is C8H14O. The standard InChI is InChI=1S/C8H14O/c1-6-4-7-2-3-9-8(7)5-6/h6-8H,2-5H2,1H3/t6-,7+,8-/m0/s1. The van der Waals surface area contributed by atoms with Gasteiger partial charge in [0, 0.05) is 6.61 Å². The molecule has 9 heavy (non-hydrogen) atoms. The molecule has 0 unspecified atom stereocenters. The van der Waals surface area contributed by atoms with E-state index in [2.05, 4.69) is 6.92 Å². The van der Waals surface area contributed by atoms with Crippen LogP contribution in [0, 0.1) is 11.8 Å². The molecule has 1 aliphatic carbocycles. The second-order valence-corrected chi connectivity index (χ2v) is 3.53. The summed E-state index contributed by atoms with van der Waals surface area (Å²) in [5.74, 6) is 1.86. The van der Waals surface area contributed by atoms with Crippen molar-refractivity contribution < 1.29 is 4.74 Å².